The van der Waals surface area contributed by atoms with E-state index in [1.165, 1.54) is 7.11 Å². The van der Waals surface area contributed by atoms with Crippen LogP contribution in [0.5, 0.6) is 0 Å². The molecular formula is C21H21BrN2O2S. The largest absolute Gasteiger partial charge is 0.466 e. The molecule has 6 heteroatoms. The van der Waals surface area contributed by atoms with E-state index in [9.17, 15) is 4.79 Å². The van der Waals surface area contributed by atoms with Crippen LogP contribution in [0, 0.1) is 0 Å². The smallest absolute Gasteiger partial charge is 0.337 e. The third-order valence-electron chi connectivity index (χ3n) is 4.45. The SMILES string of the molecule is CCCC1=C(C(=O)OC)C(c2ccc(Br)cc2)NC(=S)N1c1ccccc1. The van der Waals surface area contributed by atoms with E-state index < -0.39 is 0 Å². The van der Waals surface area contributed by atoms with E-state index in [4.69, 9.17) is 17.0 Å². The number of halogens is 1. The van der Waals surface area contributed by atoms with E-state index in [0.717, 1.165) is 27.8 Å². The molecule has 0 saturated carbocycles. The maximum Gasteiger partial charge on any atom is 0.337 e. The summed E-state index contributed by atoms with van der Waals surface area (Å²) in [6.07, 6.45) is 1.60. The number of esters is 1. The molecule has 0 spiro atoms. The second-order valence-corrected chi connectivity index (χ2v) is 7.51. The third-order valence-corrected chi connectivity index (χ3v) is 5.28. The molecule has 0 bridgehead atoms. The van der Waals surface area contributed by atoms with Gasteiger partial charge < -0.3 is 10.1 Å². The van der Waals surface area contributed by atoms with Crippen molar-refractivity contribution >= 4 is 44.9 Å². The Morgan fingerprint density at radius 1 is 1.19 bits per heavy atom. The van der Waals surface area contributed by atoms with Crippen LogP contribution in [0.15, 0.2) is 70.3 Å². The maximum atomic E-state index is 12.8. The molecule has 0 aliphatic carbocycles. The van der Waals surface area contributed by atoms with Gasteiger partial charge in [-0.25, -0.2) is 4.79 Å². The lowest BCUT2D eigenvalue weighted by molar-refractivity contribution is -0.136. The number of para-hydroxylation sites is 1. The minimum Gasteiger partial charge on any atom is -0.466 e. The molecule has 1 unspecified atom stereocenters. The first kappa shape index (κ1) is 19.6. The Bertz CT molecular complexity index is 866. The van der Waals surface area contributed by atoms with E-state index in [0.29, 0.717) is 17.1 Å². The molecule has 0 saturated heterocycles. The molecule has 27 heavy (non-hydrogen) atoms. The van der Waals surface area contributed by atoms with Gasteiger partial charge in [0.2, 0.25) is 0 Å². The Morgan fingerprint density at radius 3 is 2.44 bits per heavy atom. The fraction of sp³-hybridized carbons (Fsp3) is 0.238. The molecule has 1 N–H and O–H groups in total. The Kier molecular flexibility index (Phi) is 6.29. The molecule has 1 heterocycles. The number of anilines is 1. The summed E-state index contributed by atoms with van der Waals surface area (Å²) in [5, 5.41) is 3.91. The minimum absolute atomic E-state index is 0.345. The number of hydrogen-bond donors (Lipinski definition) is 1. The van der Waals surface area contributed by atoms with Gasteiger partial charge in [0, 0.05) is 15.9 Å². The molecule has 2 aromatic rings. The highest BCUT2D eigenvalue weighted by molar-refractivity contribution is 9.10. The van der Waals surface area contributed by atoms with Crippen molar-refractivity contribution in [3.05, 3.63) is 75.9 Å². The number of rotatable bonds is 5. The zero-order chi connectivity index (χ0) is 19.4. The van der Waals surface area contributed by atoms with Crippen molar-refractivity contribution in [2.75, 3.05) is 12.0 Å². The normalized spacial score (nSPS) is 16.9. The highest BCUT2D eigenvalue weighted by Gasteiger charge is 2.36. The third kappa shape index (κ3) is 4.06. The minimum atomic E-state index is -0.348. The van der Waals surface area contributed by atoms with Crippen molar-refractivity contribution in [2.45, 2.75) is 25.8 Å². The van der Waals surface area contributed by atoms with Gasteiger partial charge in [0.1, 0.15) is 0 Å². The Morgan fingerprint density at radius 2 is 1.85 bits per heavy atom. The summed E-state index contributed by atoms with van der Waals surface area (Å²) >= 11 is 9.16. The molecule has 0 fully saturated rings. The molecule has 0 aromatic heterocycles. The standard InChI is InChI=1S/C21H21BrN2O2S/c1-3-7-17-18(20(25)26-2)19(14-10-12-15(22)13-11-14)23-21(27)24(17)16-8-5-4-6-9-16/h4-6,8-13,19H,3,7H2,1-2H3,(H,23,27). The average molecular weight is 445 g/mol. The van der Waals surface area contributed by atoms with Crippen molar-refractivity contribution in [3.63, 3.8) is 0 Å². The summed E-state index contributed by atoms with van der Waals surface area (Å²) in [7, 11) is 1.41. The van der Waals surface area contributed by atoms with Crippen molar-refractivity contribution < 1.29 is 9.53 Å². The highest BCUT2D eigenvalue weighted by atomic mass is 79.9. The van der Waals surface area contributed by atoms with Crippen molar-refractivity contribution in [3.8, 4) is 0 Å². The molecule has 140 valence electrons. The van der Waals surface area contributed by atoms with E-state index in [2.05, 4.69) is 28.2 Å². The first-order valence-electron chi connectivity index (χ1n) is 8.79. The van der Waals surface area contributed by atoms with Crippen LogP contribution < -0.4 is 10.2 Å². The molecule has 1 aliphatic heterocycles. The summed E-state index contributed by atoms with van der Waals surface area (Å²) in [6, 6.07) is 17.4. The predicted octanol–water partition coefficient (Wildman–Crippen LogP) is 5.11. The monoisotopic (exact) mass is 444 g/mol. The van der Waals surface area contributed by atoms with Crippen LogP contribution in [-0.4, -0.2) is 18.2 Å². The first-order valence-corrected chi connectivity index (χ1v) is 9.99. The lowest BCUT2D eigenvalue weighted by Gasteiger charge is -2.38. The molecule has 0 amide bonds. The van der Waals surface area contributed by atoms with Crippen LogP contribution in [0.4, 0.5) is 5.69 Å². The summed E-state index contributed by atoms with van der Waals surface area (Å²) < 4.78 is 6.12. The first-order chi connectivity index (χ1) is 13.1. The van der Waals surface area contributed by atoms with Crippen molar-refractivity contribution in [2.24, 2.45) is 0 Å². The lowest BCUT2D eigenvalue weighted by Crippen LogP contribution is -2.48. The fourth-order valence-electron chi connectivity index (χ4n) is 3.25. The van der Waals surface area contributed by atoms with Gasteiger partial charge in [-0.15, -0.1) is 0 Å². The number of nitrogens with one attached hydrogen (secondary N) is 1. The lowest BCUT2D eigenvalue weighted by atomic mass is 9.93. The van der Waals surface area contributed by atoms with Crippen LogP contribution in [0.25, 0.3) is 0 Å². The van der Waals surface area contributed by atoms with Gasteiger partial charge in [-0.2, -0.15) is 0 Å². The summed E-state index contributed by atoms with van der Waals surface area (Å²) in [5.74, 6) is -0.345. The molecule has 1 atom stereocenters. The van der Waals surface area contributed by atoms with Gasteiger partial charge >= 0.3 is 5.97 Å². The molecule has 3 rings (SSSR count). The molecule has 1 aliphatic rings. The highest BCUT2D eigenvalue weighted by Crippen LogP contribution is 2.36. The number of nitrogens with zero attached hydrogens (tertiary/aromatic N) is 1. The van der Waals surface area contributed by atoms with Gasteiger partial charge in [-0.1, -0.05) is 59.6 Å². The zero-order valence-electron chi connectivity index (χ0n) is 15.2. The average Bonchev–Trinajstić information content (AvgIpc) is 2.68. The fourth-order valence-corrected chi connectivity index (χ4v) is 3.85. The van der Waals surface area contributed by atoms with Crippen molar-refractivity contribution in [1.29, 1.82) is 0 Å². The Labute approximate surface area is 173 Å². The van der Waals surface area contributed by atoms with Crippen LogP contribution in [0.3, 0.4) is 0 Å². The van der Waals surface area contributed by atoms with Gasteiger partial charge in [0.25, 0.3) is 0 Å². The second kappa shape index (κ2) is 8.67. The van der Waals surface area contributed by atoms with Crippen LogP contribution in [-0.2, 0) is 9.53 Å². The van der Waals surface area contributed by atoms with Gasteiger partial charge in [0.15, 0.2) is 5.11 Å². The quantitative estimate of drug-likeness (QED) is 0.512. The predicted molar refractivity (Wildman–Crippen MR) is 115 cm³/mol. The van der Waals surface area contributed by atoms with Crippen molar-refractivity contribution in [1.82, 2.24) is 5.32 Å². The molecule has 2 aromatic carbocycles. The van der Waals surface area contributed by atoms with Crippen LogP contribution in [0.1, 0.15) is 31.4 Å². The zero-order valence-corrected chi connectivity index (χ0v) is 17.6. The Balaban J connectivity index is 2.19. The number of methoxy groups -OCH3 is 1. The van der Waals surface area contributed by atoms with Gasteiger partial charge in [0.05, 0.1) is 18.7 Å². The molecule has 0 radical (unpaired) electrons. The summed E-state index contributed by atoms with van der Waals surface area (Å²) in [6.45, 7) is 2.09. The summed E-state index contributed by atoms with van der Waals surface area (Å²) in [4.78, 5) is 14.7. The summed E-state index contributed by atoms with van der Waals surface area (Å²) in [5.41, 5.74) is 3.36. The van der Waals surface area contributed by atoms with E-state index in [1.54, 1.807) is 0 Å². The Hall–Kier alpha value is -2.18. The number of allylic oxidation sites excluding steroid dienone is 1. The van der Waals surface area contributed by atoms with E-state index in [-0.39, 0.29) is 12.0 Å². The number of carbonyl (C=O) groups is 1. The van der Waals surface area contributed by atoms with E-state index in [1.807, 2.05) is 59.5 Å². The number of thiocarbonyl (C=S) groups is 1. The van der Waals surface area contributed by atoms with E-state index >= 15 is 0 Å². The van der Waals surface area contributed by atoms with Crippen LogP contribution in [0.2, 0.25) is 0 Å². The molecular weight excluding hydrogens is 424 g/mol. The second-order valence-electron chi connectivity index (χ2n) is 6.21. The maximum absolute atomic E-state index is 12.8. The van der Waals surface area contributed by atoms with Gasteiger partial charge in [-0.05, 0) is 48.5 Å². The number of hydrogen-bond acceptors (Lipinski definition) is 3. The van der Waals surface area contributed by atoms with Crippen LogP contribution >= 0.6 is 28.1 Å². The number of benzene rings is 2. The number of ether oxygens (including phenoxy) is 1. The number of carbonyl (C=O) groups excluding carboxylic acids is 1. The van der Waals surface area contributed by atoms with Gasteiger partial charge in [-0.3, -0.25) is 4.90 Å². The molecule has 4 nitrogen and oxygen atoms in total. The topological polar surface area (TPSA) is 41.6 Å².